The first-order valence-electron chi connectivity index (χ1n) is 6.80. The second kappa shape index (κ2) is 5.43. The fraction of sp³-hybridized carbons (Fsp3) is 0.250. The van der Waals surface area contributed by atoms with Gasteiger partial charge in [-0.05, 0) is 31.7 Å². The average molecular weight is 267 g/mol. The Morgan fingerprint density at radius 1 is 1.15 bits per heavy atom. The molecular weight excluding hydrogens is 250 g/mol. The Morgan fingerprint density at radius 2 is 2.00 bits per heavy atom. The zero-order valence-electron chi connectivity index (χ0n) is 11.7. The molecule has 1 N–H and O–H groups in total. The topological polar surface area (TPSA) is 51.0 Å². The molecule has 0 atom stereocenters. The Kier molecular flexibility index (Phi) is 3.48. The maximum Gasteiger partial charge on any atom is 0.196 e. The lowest BCUT2D eigenvalue weighted by atomic mass is 10.2. The van der Waals surface area contributed by atoms with Crippen molar-refractivity contribution in [3.05, 3.63) is 47.8 Å². The van der Waals surface area contributed by atoms with Crippen LogP contribution in [0.5, 0.6) is 0 Å². The number of aryl methyl sites for hydroxylation is 1. The number of fused-ring (bicyclic) bond motifs is 1. The van der Waals surface area contributed by atoms with Crippen LogP contribution in [0.4, 0.5) is 0 Å². The largest absolute Gasteiger partial charge is 0.453 e. The summed E-state index contributed by atoms with van der Waals surface area (Å²) in [4.78, 5) is 9.04. The second-order valence-electron chi connectivity index (χ2n) is 4.75. The van der Waals surface area contributed by atoms with Crippen molar-refractivity contribution in [1.29, 1.82) is 0 Å². The summed E-state index contributed by atoms with van der Waals surface area (Å²) in [5.41, 5.74) is 2.79. The van der Waals surface area contributed by atoms with Crippen LogP contribution in [0.3, 0.4) is 0 Å². The molecule has 2 aromatic heterocycles. The molecule has 0 spiro atoms. The summed E-state index contributed by atoms with van der Waals surface area (Å²) < 4.78 is 5.82. The van der Waals surface area contributed by atoms with Crippen LogP contribution in [-0.4, -0.2) is 16.5 Å². The van der Waals surface area contributed by atoms with Crippen LogP contribution in [0, 0.1) is 6.92 Å². The van der Waals surface area contributed by atoms with Gasteiger partial charge in [-0.3, -0.25) is 0 Å². The highest BCUT2D eigenvalue weighted by atomic mass is 16.3. The number of para-hydroxylation sites is 1. The maximum absolute atomic E-state index is 5.82. The lowest BCUT2D eigenvalue weighted by molar-refractivity contribution is 0.622. The van der Waals surface area contributed by atoms with E-state index in [1.807, 2.05) is 43.3 Å². The molecule has 0 aliphatic heterocycles. The van der Waals surface area contributed by atoms with Gasteiger partial charge in [0.1, 0.15) is 5.58 Å². The third-order valence-corrected chi connectivity index (χ3v) is 3.11. The molecule has 0 bridgehead atoms. The van der Waals surface area contributed by atoms with Gasteiger partial charge in [0.25, 0.3) is 0 Å². The smallest absolute Gasteiger partial charge is 0.196 e. The molecule has 0 saturated carbocycles. The Hall–Kier alpha value is -2.20. The van der Waals surface area contributed by atoms with E-state index in [1.54, 1.807) is 0 Å². The average Bonchev–Trinajstić information content (AvgIpc) is 2.88. The normalized spacial score (nSPS) is 11.1. The zero-order valence-corrected chi connectivity index (χ0v) is 11.7. The molecule has 4 nitrogen and oxygen atoms in total. The Balaban J connectivity index is 2.01. The molecule has 0 radical (unpaired) electrons. The summed E-state index contributed by atoms with van der Waals surface area (Å²) in [5, 5.41) is 4.35. The number of hydrogen-bond donors (Lipinski definition) is 1. The van der Waals surface area contributed by atoms with Crippen LogP contribution in [0.15, 0.2) is 40.8 Å². The van der Waals surface area contributed by atoms with Gasteiger partial charge in [0, 0.05) is 17.6 Å². The van der Waals surface area contributed by atoms with E-state index in [-0.39, 0.29) is 0 Å². The molecule has 102 valence electrons. The van der Waals surface area contributed by atoms with Crippen LogP contribution >= 0.6 is 0 Å². The van der Waals surface area contributed by atoms with Gasteiger partial charge in [-0.15, -0.1) is 0 Å². The number of furan rings is 1. The van der Waals surface area contributed by atoms with E-state index in [4.69, 9.17) is 4.42 Å². The molecule has 0 aliphatic rings. The number of nitrogens with one attached hydrogen (secondary N) is 1. The second-order valence-corrected chi connectivity index (χ2v) is 4.75. The van der Waals surface area contributed by atoms with Crippen molar-refractivity contribution in [2.24, 2.45) is 0 Å². The van der Waals surface area contributed by atoms with E-state index in [2.05, 4.69) is 22.2 Å². The number of nitrogens with zero attached hydrogens (tertiary/aromatic N) is 2. The molecule has 20 heavy (non-hydrogen) atoms. The van der Waals surface area contributed by atoms with Gasteiger partial charge in [-0.1, -0.05) is 25.1 Å². The van der Waals surface area contributed by atoms with Crippen molar-refractivity contribution in [2.45, 2.75) is 20.4 Å². The van der Waals surface area contributed by atoms with Crippen molar-refractivity contribution < 1.29 is 4.42 Å². The van der Waals surface area contributed by atoms with Crippen LogP contribution in [0.25, 0.3) is 22.6 Å². The minimum Gasteiger partial charge on any atom is -0.453 e. The quantitative estimate of drug-likeness (QED) is 0.788. The summed E-state index contributed by atoms with van der Waals surface area (Å²) in [6, 6.07) is 11.9. The molecule has 0 amide bonds. The van der Waals surface area contributed by atoms with Crippen LogP contribution in [0.2, 0.25) is 0 Å². The van der Waals surface area contributed by atoms with E-state index in [0.717, 1.165) is 35.4 Å². The van der Waals surface area contributed by atoms with Gasteiger partial charge < -0.3 is 9.73 Å². The van der Waals surface area contributed by atoms with E-state index >= 15 is 0 Å². The summed E-state index contributed by atoms with van der Waals surface area (Å²) >= 11 is 0. The molecule has 1 aromatic carbocycles. The third kappa shape index (κ3) is 2.56. The first kappa shape index (κ1) is 12.8. The SMILES string of the molecule is CCNCc1cc(C)nc(-c2cc3ccccc3o2)n1. The van der Waals surface area contributed by atoms with Gasteiger partial charge in [0.2, 0.25) is 0 Å². The Bertz CT molecular complexity index is 700. The lowest BCUT2D eigenvalue weighted by Crippen LogP contribution is -2.13. The summed E-state index contributed by atoms with van der Waals surface area (Å²) in [6.07, 6.45) is 0. The molecule has 0 saturated heterocycles. The fourth-order valence-electron chi connectivity index (χ4n) is 2.18. The highest BCUT2D eigenvalue weighted by molar-refractivity contribution is 5.81. The number of rotatable bonds is 4. The highest BCUT2D eigenvalue weighted by Gasteiger charge is 2.10. The van der Waals surface area contributed by atoms with E-state index < -0.39 is 0 Å². The third-order valence-electron chi connectivity index (χ3n) is 3.11. The Labute approximate surface area is 117 Å². The maximum atomic E-state index is 5.82. The van der Waals surface area contributed by atoms with Crippen LogP contribution in [-0.2, 0) is 6.54 Å². The number of aromatic nitrogens is 2. The summed E-state index contributed by atoms with van der Waals surface area (Å²) in [7, 11) is 0. The predicted octanol–water partition coefficient (Wildman–Crippen LogP) is 3.31. The van der Waals surface area contributed by atoms with E-state index in [1.165, 1.54) is 0 Å². The van der Waals surface area contributed by atoms with Crippen molar-refractivity contribution in [1.82, 2.24) is 15.3 Å². The molecular formula is C16H17N3O. The lowest BCUT2D eigenvalue weighted by Gasteiger charge is -2.04. The molecule has 3 aromatic rings. The molecule has 0 aliphatic carbocycles. The van der Waals surface area contributed by atoms with Gasteiger partial charge in [0.05, 0.1) is 5.69 Å². The molecule has 0 unspecified atom stereocenters. The van der Waals surface area contributed by atoms with Crippen molar-refractivity contribution in [3.8, 4) is 11.6 Å². The number of hydrogen-bond acceptors (Lipinski definition) is 4. The van der Waals surface area contributed by atoms with E-state index in [9.17, 15) is 0 Å². The zero-order chi connectivity index (χ0) is 13.9. The first-order valence-corrected chi connectivity index (χ1v) is 6.80. The molecule has 4 heteroatoms. The monoisotopic (exact) mass is 267 g/mol. The number of benzene rings is 1. The molecule has 2 heterocycles. The van der Waals surface area contributed by atoms with Gasteiger partial charge in [0.15, 0.2) is 11.6 Å². The minimum absolute atomic E-state index is 0.647. The molecule has 0 fully saturated rings. The van der Waals surface area contributed by atoms with Gasteiger partial charge in [-0.25, -0.2) is 9.97 Å². The van der Waals surface area contributed by atoms with Crippen molar-refractivity contribution in [2.75, 3.05) is 6.54 Å². The predicted molar refractivity (Wildman–Crippen MR) is 79.4 cm³/mol. The first-order chi connectivity index (χ1) is 9.76. The van der Waals surface area contributed by atoms with Gasteiger partial charge in [-0.2, -0.15) is 0 Å². The standard InChI is InChI=1S/C16H17N3O/c1-3-17-10-13-8-11(2)18-16(19-13)15-9-12-6-4-5-7-14(12)20-15/h4-9,17H,3,10H2,1-2H3. The minimum atomic E-state index is 0.647. The van der Waals surface area contributed by atoms with E-state index in [0.29, 0.717) is 11.6 Å². The summed E-state index contributed by atoms with van der Waals surface area (Å²) in [5.74, 6) is 1.36. The Morgan fingerprint density at radius 3 is 2.80 bits per heavy atom. The summed E-state index contributed by atoms with van der Waals surface area (Å²) in [6.45, 7) is 5.72. The van der Waals surface area contributed by atoms with Gasteiger partial charge >= 0.3 is 0 Å². The van der Waals surface area contributed by atoms with Crippen LogP contribution in [0.1, 0.15) is 18.3 Å². The fourth-order valence-corrected chi connectivity index (χ4v) is 2.18. The highest BCUT2D eigenvalue weighted by Crippen LogP contribution is 2.25. The van der Waals surface area contributed by atoms with Crippen LogP contribution < -0.4 is 5.32 Å². The van der Waals surface area contributed by atoms with Crippen molar-refractivity contribution >= 4 is 11.0 Å². The molecule has 3 rings (SSSR count). The van der Waals surface area contributed by atoms with Crippen molar-refractivity contribution in [3.63, 3.8) is 0 Å².